The number of carbonyl (C=O) groups is 1. The molecule has 2 N–H and O–H groups in total. The molecule has 6 nitrogen and oxygen atoms in total. The number of benzene rings is 1. The maximum atomic E-state index is 12.5. The minimum absolute atomic E-state index is 0.0440. The van der Waals surface area contributed by atoms with Gasteiger partial charge in [0, 0.05) is 19.2 Å². The topological polar surface area (TPSA) is 78.6 Å². The van der Waals surface area contributed by atoms with Crippen molar-refractivity contribution in [1.82, 2.24) is 15.4 Å². The Morgan fingerprint density at radius 3 is 2.76 bits per heavy atom. The van der Waals surface area contributed by atoms with Crippen LogP contribution in [0.3, 0.4) is 0 Å². The lowest BCUT2D eigenvalue weighted by Gasteiger charge is -2.28. The Balaban J connectivity index is 1.58. The molecule has 134 valence electrons. The van der Waals surface area contributed by atoms with Crippen LogP contribution in [0.15, 0.2) is 40.9 Å². The summed E-state index contributed by atoms with van der Waals surface area (Å²) in [6.07, 6.45) is 2.15. The van der Waals surface area contributed by atoms with E-state index in [2.05, 4.69) is 15.4 Å². The van der Waals surface area contributed by atoms with Gasteiger partial charge in [-0.3, -0.25) is 9.69 Å². The van der Waals surface area contributed by atoms with E-state index in [0.717, 1.165) is 37.9 Å². The molecule has 2 heterocycles. The van der Waals surface area contributed by atoms with Crippen LogP contribution in [-0.2, 0) is 6.54 Å². The number of hydrogen-bond acceptors (Lipinski definition) is 5. The molecule has 0 radical (unpaired) electrons. The number of amides is 1. The molecule has 0 spiro atoms. The maximum Gasteiger partial charge on any atom is 0.273 e. The molecular formula is C19H25N3O3. The smallest absolute Gasteiger partial charge is 0.273 e. The molecule has 1 aromatic heterocycles. The summed E-state index contributed by atoms with van der Waals surface area (Å²) in [5.74, 6) is 0.453. The Morgan fingerprint density at radius 1 is 1.36 bits per heavy atom. The maximum absolute atomic E-state index is 12.5. The van der Waals surface area contributed by atoms with Crippen molar-refractivity contribution in [3.8, 4) is 0 Å². The molecule has 6 heteroatoms. The van der Waals surface area contributed by atoms with E-state index in [1.54, 1.807) is 6.07 Å². The average molecular weight is 343 g/mol. The molecule has 1 aromatic carbocycles. The summed E-state index contributed by atoms with van der Waals surface area (Å²) in [7, 11) is 0. The lowest BCUT2D eigenvalue weighted by atomic mass is 10.0. The van der Waals surface area contributed by atoms with Crippen LogP contribution in [-0.4, -0.2) is 40.3 Å². The average Bonchev–Trinajstić information content (AvgIpc) is 3.11. The number of carbonyl (C=O) groups excluding carboxylic acids is 1. The summed E-state index contributed by atoms with van der Waals surface area (Å²) in [5.41, 5.74) is 1.38. The second-order valence-electron chi connectivity index (χ2n) is 6.53. The van der Waals surface area contributed by atoms with Crippen molar-refractivity contribution < 1.29 is 14.4 Å². The fourth-order valence-corrected chi connectivity index (χ4v) is 3.13. The first-order valence-electron chi connectivity index (χ1n) is 8.87. The standard InChI is InChI=1S/C19H25N3O3/c1-2-17(14-6-4-3-5-7-14)20-19(24)18-12-16(25-21-18)13-22-10-8-15(23)9-11-22/h3-7,12,15,17,23H,2,8-11,13H2,1H3,(H,20,24)/t17-/m0/s1. The third-order valence-electron chi connectivity index (χ3n) is 4.64. The first kappa shape index (κ1) is 17.6. The Bertz CT molecular complexity index is 678. The minimum Gasteiger partial charge on any atom is -0.393 e. The van der Waals surface area contributed by atoms with Gasteiger partial charge in [-0.2, -0.15) is 0 Å². The zero-order valence-electron chi connectivity index (χ0n) is 14.5. The van der Waals surface area contributed by atoms with E-state index in [0.29, 0.717) is 18.0 Å². The highest BCUT2D eigenvalue weighted by atomic mass is 16.5. The van der Waals surface area contributed by atoms with E-state index >= 15 is 0 Å². The zero-order valence-corrected chi connectivity index (χ0v) is 14.5. The van der Waals surface area contributed by atoms with Crippen molar-refractivity contribution in [2.75, 3.05) is 13.1 Å². The molecule has 3 rings (SSSR count). The first-order valence-corrected chi connectivity index (χ1v) is 8.87. The zero-order chi connectivity index (χ0) is 17.6. The molecule has 0 saturated carbocycles. The number of piperidine rings is 1. The molecular weight excluding hydrogens is 318 g/mol. The monoisotopic (exact) mass is 343 g/mol. The SMILES string of the molecule is CC[C@H](NC(=O)c1cc(CN2CCC(O)CC2)on1)c1ccccc1. The third kappa shape index (κ3) is 4.67. The summed E-state index contributed by atoms with van der Waals surface area (Å²) in [5, 5.41) is 16.5. The van der Waals surface area contributed by atoms with E-state index < -0.39 is 0 Å². The molecule has 1 saturated heterocycles. The molecule has 0 aliphatic carbocycles. The summed E-state index contributed by atoms with van der Waals surface area (Å²) in [6, 6.07) is 11.6. The van der Waals surface area contributed by atoms with Crippen molar-refractivity contribution in [3.05, 3.63) is 53.4 Å². The summed E-state index contributed by atoms with van der Waals surface area (Å²) < 4.78 is 5.32. The number of aromatic nitrogens is 1. The van der Waals surface area contributed by atoms with Gasteiger partial charge in [0.15, 0.2) is 11.5 Å². The lowest BCUT2D eigenvalue weighted by Crippen LogP contribution is -2.35. The third-order valence-corrected chi connectivity index (χ3v) is 4.64. The number of nitrogens with zero attached hydrogens (tertiary/aromatic N) is 2. The summed E-state index contributed by atoms with van der Waals surface area (Å²) in [4.78, 5) is 14.7. The van der Waals surface area contributed by atoms with Gasteiger partial charge in [0.25, 0.3) is 5.91 Å². The molecule has 1 aliphatic heterocycles. The van der Waals surface area contributed by atoms with Crippen LogP contribution in [0, 0.1) is 0 Å². The van der Waals surface area contributed by atoms with Crippen molar-refractivity contribution in [2.24, 2.45) is 0 Å². The Labute approximate surface area is 147 Å². The second-order valence-corrected chi connectivity index (χ2v) is 6.53. The van der Waals surface area contributed by atoms with Gasteiger partial charge in [-0.05, 0) is 24.8 Å². The highest BCUT2D eigenvalue weighted by Crippen LogP contribution is 2.18. The molecule has 0 unspecified atom stereocenters. The van der Waals surface area contributed by atoms with Crippen LogP contribution in [0.4, 0.5) is 0 Å². The minimum atomic E-state index is -0.222. The van der Waals surface area contributed by atoms with Crippen LogP contribution in [0.25, 0.3) is 0 Å². The molecule has 1 fully saturated rings. The number of aliphatic hydroxyl groups is 1. The van der Waals surface area contributed by atoms with Gasteiger partial charge in [0.2, 0.25) is 0 Å². The van der Waals surface area contributed by atoms with Gasteiger partial charge in [-0.25, -0.2) is 0 Å². The van der Waals surface area contributed by atoms with Crippen LogP contribution in [0.2, 0.25) is 0 Å². The Kier molecular flexibility index (Phi) is 5.83. The van der Waals surface area contributed by atoms with Gasteiger partial charge < -0.3 is 14.9 Å². The van der Waals surface area contributed by atoms with Crippen LogP contribution < -0.4 is 5.32 Å². The predicted molar refractivity (Wildman–Crippen MR) is 94.0 cm³/mol. The van der Waals surface area contributed by atoms with Gasteiger partial charge >= 0.3 is 0 Å². The highest BCUT2D eigenvalue weighted by molar-refractivity contribution is 5.92. The van der Waals surface area contributed by atoms with Gasteiger partial charge in [-0.1, -0.05) is 42.4 Å². The number of hydrogen-bond donors (Lipinski definition) is 2. The lowest BCUT2D eigenvalue weighted by molar-refractivity contribution is 0.0748. The van der Waals surface area contributed by atoms with Crippen molar-refractivity contribution in [3.63, 3.8) is 0 Å². The molecule has 0 bridgehead atoms. The van der Waals surface area contributed by atoms with E-state index in [-0.39, 0.29) is 18.1 Å². The van der Waals surface area contributed by atoms with Gasteiger partial charge in [-0.15, -0.1) is 0 Å². The van der Waals surface area contributed by atoms with Crippen molar-refractivity contribution in [1.29, 1.82) is 0 Å². The van der Waals surface area contributed by atoms with Gasteiger partial charge in [0.1, 0.15) is 0 Å². The fraction of sp³-hybridized carbons (Fsp3) is 0.474. The van der Waals surface area contributed by atoms with Crippen LogP contribution >= 0.6 is 0 Å². The van der Waals surface area contributed by atoms with Gasteiger partial charge in [0.05, 0.1) is 18.7 Å². The van der Waals surface area contributed by atoms with E-state index in [9.17, 15) is 9.90 Å². The number of rotatable bonds is 6. The Morgan fingerprint density at radius 2 is 2.08 bits per heavy atom. The number of aliphatic hydroxyl groups excluding tert-OH is 1. The van der Waals surface area contributed by atoms with Crippen molar-refractivity contribution >= 4 is 5.91 Å². The first-order chi connectivity index (χ1) is 12.2. The van der Waals surface area contributed by atoms with Crippen LogP contribution in [0.5, 0.6) is 0 Å². The summed E-state index contributed by atoms with van der Waals surface area (Å²) in [6.45, 7) is 4.31. The number of likely N-dealkylation sites (tertiary alicyclic amines) is 1. The van der Waals surface area contributed by atoms with E-state index in [4.69, 9.17) is 4.52 Å². The molecule has 1 amide bonds. The second kappa shape index (κ2) is 8.27. The Hall–Kier alpha value is -2.18. The normalized spacial score (nSPS) is 17.4. The summed E-state index contributed by atoms with van der Waals surface area (Å²) >= 11 is 0. The number of nitrogens with one attached hydrogen (secondary N) is 1. The molecule has 25 heavy (non-hydrogen) atoms. The van der Waals surface area contributed by atoms with E-state index in [1.165, 1.54) is 0 Å². The molecule has 1 atom stereocenters. The van der Waals surface area contributed by atoms with E-state index in [1.807, 2.05) is 37.3 Å². The fourth-order valence-electron chi connectivity index (χ4n) is 3.13. The van der Waals surface area contributed by atoms with Crippen molar-refractivity contribution in [2.45, 2.75) is 44.9 Å². The largest absolute Gasteiger partial charge is 0.393 e. The molecule has 2 aromatic rings. The van der Waals surface area contributed by atoms with Crippen LogP contribution in [0.1, 0.15) is 54.0 Å². The predicted octanol–water partition coefficient (Wildman–Crippen LogP) is 2.51. The molecule has 1 aliphatic rings. The quantitative estimate of drug-likeness (QED) is 0.842. The highest BCUT2D eigenvalue weighted by Gasteiger charge is 2.21.